The Morgan fingerprint density at radius 3 is 2.92 bits per heavy atom. The molecule has 1 fully saturated rings. The highest BCUT2D eigenvalue weighted by atomic mass is 35.5. The van der Waals surface area contributed by atoms with Crippen molar-refractivity contribution in [3.63, 3.8) is 0 Å². The van der Waals surface area contributed by atoms with Crippen molar-refractivity contribution in [3.05, 3.63) is 52.8 Å². The molecule has 0 radical (unpaired) electrons. The minimum atomic E-state index is 0. The molecular weight excluding hydrogens is 348 g/mol. The van der Waals surface area contributed by atoms with Crippen LogP contribution in [-0.2, 0) is 19.4 Å². The fourth-order valence-electron chi connectivity index (χ4n) is 4.04. The summed E-state index contributed by atoms with van der Waals surface area (Å²) in [6.45, 7) is 5.66. The molecule has 6 heteroatoms. The number of rotatable bonds is 4. The van der Waals surface area contributed by atoms with Crippen molar-refractivity contribution >= 4 is 18.3 Å². The second kappa shape index (κ2) is 7.80. The lowest BCUT2D eigenvalue weighted by Gasteiger charge is -2.24. The average Bonchev–Trinajstić information content (AvgIpc) is 3.25. The molecule has 0 saturated carbocycles. The predicted octanol–water partition coefficient (Wildman–Crippen LogP) is 2.96. The highest BCUT2D eigenvalue weighted by Crippen LogP contribution is 2.35. The number of carbonyl (C=O) groups excluding carboxylic acids is 1. The Labute approximate surface area is 161 Å². The van der Waals surface area contributed by atoms with E-state index >= 15 is 0 Å². The summed E-state index contributed by atoms with van der Waals surface area (Å²) in [5.74, 6) is 0.0876. The van der Waals surface area contributed by atoms with Gasteiger partial charge in [0.2, 0.25) is 0 Å². The largest absolute Gasteiger partial charge is 0.337 e. The van der Waals surface area contributed by atoms with E-state index in [1.54, 1.807) is 0 Å². The van der Waals surface area contributed by atoms with E-state index in [1.165, 1.54) is 5.56 Å². The molecule has 1 saturated heterocycles. The standard InChI is InChI=1S/C20H26N4O.ClH/c1-20(9-7-15-5-3-2-4-6-15)10-12-24(14-20)19(25)18-16-13-21-11-8-17(16)22-23-18;/h2-6,21H,7-14H2,1H3,(H,22,23);1H. The summed E-state index contributed by atoms with van der Waals surface area (Å²) in [6.07, 6.45) is 4.17. The van der Waals surface area contributed by atoms with Gasteiger partial charge in [0.1, 0.15) is 0 Å². The van der Waals surface area contributed by atoms with Gasteiger partial charge in [0.25, 0.3) is 5.91 Å². The van der Waals surface area contributed by atoms with E-state index in [9.17, 15) is 4.79 Å². The molecule has 1 unspecified atom stereocenters. The fraction of sp³-hybridized carbons (Fsp3) is 0.500. The summed E-state index contributed by atoms with van der Waals surface area (Å²) in [4.78, 5) is 15.0. The number of aryl methyl sites for hydroxylation is 1. The lowest BCUT2D eigenvalue weighted by molar-refractivity contribution is 0.0766. The monoisotopic (exact) mass is 374 g/mol. The molecule has 1 aromatic heterocycles. The number of hydrogen-bond donors (Lipinski definition) is 2. The van der Waals surface area contributed by atoms with Crippen molar-refractivity contribution < 1.29 is 4.79 Å². The minimum Gasteiger partial charge on any atom is -0.337 e. The van der Waals surface area contributed by atoms with Gasteiger partial charge in [-0.15, -0.1) is 12.4 Å². The van der Waals surface area contributed by atoms with Crippen molar-refractivity contribution in [2.24, 2.45) is 5.41 Å². The average molecular weight is 375 g/mol. The molecular formula is C20H27ClN4O. The Bertz CT molecular complexity index is 760. The first-order valence-electron chi connectivity index (χ1n) is 9.25. The minimum absolute atomic E-state index is 0. The van der Waals surface area contributed by atoms with Crippen LogP contribution >= 0.6 is 12.4 Å². The van der Waals surface area contributed by atoms with E-state index in [2.05, 4.69) is 52.8 Å². The van der Waals surface area contributed by atoms with Gasteiger partial charge in [-0.25, -0.2) is 0 Å². The molecule has 0 spiro atoms. The topological polar surface area (TPSA) is 61.0 Å². The molecule has 4 rings (SSSR count). The van der Waals surface area contributed by atoms with Crippen LogP contribution in [0.15, 0.2) is 30.3 Å². The molecule has 5 nitrogen and oxygen atoms in total. The first kappa shape index (κ1) is 18.9. The number of likely N-dealkylation sites (tertiary alicyclic amines) is 1. The van der Waals surface area contributed by atoms with Gasteiger partial charge >= 0.3 is 0 Å². The zero-order valence-electron chi connectivity index (χ0n) is 15.3. The van der Waals surface area contributed by atoms with E-state index in [4.69, 9.17) is 0 Å². The third-order valence-corrected chi connectivity index (χ3v) is 5.71. The number of halogens is 1. The molecule has 1 atom stereocenters. The number of hydrogen-bond acceptors (Lipinski definition) is 3. The lowest BCUT2D eigenvalue weighted by atomic mass is 9.83. The molecule has 3 heterocycles. The molecule has 2 N–H and O–H groups in total. The third-order valence-electron chi connectivity index (χ3n) is 5.71. The van der Waals surface area contributed by atoms with Crippen LogP contribution in [0.5, 0.6) is 0 Å². The number of fused-ring (bicyclic) bond motifs is 1. The molecule has 0 bridgehead atoms. The van der Waals surface area contributed by atoms with Crippen LogP contribution in [0, 0.1) is 5.41 Å². The SMILES string of the molecule is CC1(CCc2ccccc2)CCN(C(=O)c2n[nH]c3c2CNCC3)C1.Cl. The maximum atomic E-state index is 13.0. The normalized spacial score (nSPS) is 22.0. The van der Waals surface area contributed by atoms with Gasteiger partial charge in [-0.1, -0.05) is 37.3 Å². The quantitative estimate of drug-likeness (QED) is 0.864. The van der Waals surface area contributed by atoms with Gasteiger partial charge in [0.15, 0.2) is 5.69 Å². The predicted molar refractivity (Wildman–Crippen MR) is 105 cm³/mol. The van der Waals surface area contributed by atoms with Crippen LogP contribution in [0.4, 0.5) is 0 Å². The van der Waals surface area contributed by atoms with Crippen molar-refractivity contribution in [1.82, 2.24) is 20.4 Å². The van der Waals surface area contributed by atoms with Crippen molar-refractivity contribution in [3.8, 4) is 0 Å². The Morgan fingerprint density at radius 2 is 2.12 bits per heavy atom. The van der Waals surface area contributed by atoms with Crippen molar-refractivity contribution in [2.45, 2.75) is 39.2 Å². The molecule has 2 aromatic rings. The van der Waals surface area contributed by atoms with E-state index < -0.39 is 0 Å². The second-order valence-corrected chi connectivity index (χ2v) is 7.73. The first-order chi connectivity index (χ1) is 12.1. The maximum Gasteiger partial charge on any atom is 0.274 e. The Balaban J connectivity index is 0.00000196. The summed E-state index contributed by atoms with van der Waals surface area (Å²) < 4.78 is 0. The van der Waals surface area contributed by atoms with Gasteiger partial charge in [-0.05, 0) is 30.2 Å². The summed E-state index contributed by atoms with van der Waals surface area (Å²) in [6, 6.07) is 10.6. The number of aromatic amines is 1. The number of nitrogens with zero attached hydrogens (tertiary/aromatic N) is 2. The number of amides is 1. The molecule has 0 aliphatic carbocycles. The number of benzene rings is 1. The fourth-order valence-corrected chi connectivity index (χ4v) is 4.04. The van der Waals surface area contributed by atoms with Crippen LogP contribution in [0.3, 0.4) is 0 Å². The molecule has 1 amide bonds. The number of nitrogens with one attached hydrogen (secondary N) is 2. The van der Waals surface area contributed by atoms with Gasteiger partial charge < -0.3 is 10.2 Å². The van der Waals surface area contributed by atoms with E-state index in [1.807, 2.05) is 4.90 Å². The molecule has 26 heavy (non-hydrogen) atoms. The number of H-pyrrole nitrogens is 1. The van der Waals surface area contributed by atoms with Gasteiger partial charge in [-0.3, -0.25) is 9.89 Å². The zero-order valence-corrected chi connectivity index (χ0v) is 16.1. The number of carbonyl (C=O) groups is 1. The van der Waals surface area contributed by atoms with E-state index in [-0.39, 0.29) is 23.7 Å². The number of aromatic nitrogens is 2. The van der Waals surface area contributed by atoms with Gasteiger partial charge in [0.05, 0.1) is 0 Å². The summed E-state index contributed by atoms with van der Waals surface area (Å²) in [5, 5.41) is 10.7. The Morgan fingerprint density at radius 1 is 1.31 bits per heavy atom. The van der Waals surface area contributed by atoms with Gasteiger partial charge in [-0.2, -0.15) is 5.10 Å². The summed E-state index contributed by atoms with van der Waals surface area (Å²) in [7, 11) is 0. The van der Waals surface area contributed by atoms with E-state index in [0.717, 1.165) is 63.1 Å². The molecule has 2 aliphatic heterocycles. The highest BCUT2D eigenvalue weighted by molar-refractivity contribution is 5.94. The summed E-state index contributed by atoms with van der Waals surface area (Å²) in [5.41, 5.74) is 4.37. The maximum absolute atomic E-state index is 13.0. The van der Waals surface area contributed by atoms with Crippen LogP contribution in [0.2, 0.25) is 0 Å². The summed E-state index contributed by atoms with van der Waals surface area (Å²) >= 11 is 0. The van der Waals surface area contributed by atoms with Crippen molar-refractivity contribution in [2.75, 3.05) is 19.6 Å². The zero-order chi connectivity index (χ0) is 17.3. The second-order valence-electron chi connectivity index (χ2n) is 7.73. The molecule has 1 aromatic carbocycles. The third kappa shape index (κ3) is 3.79. The van der Waals surface area contributed by atoms with Crippen LogP contribution in [0.25, 0.3) is 0 Å². The van der Waals surface area contributed by atoms with Gasteiger partial charge in [0, 0.05) is 43.9 Å². The van der Waals surface area contributed by atoms with E-state index in [0.29, 0.717) is 5.69 Å². The highest BCUT2D eigenvalue weighted by Gasteiger charge is 2.37. The molecule has 140 valence electrons. The molecule has 2 aliphatic rings. The first-order valence-corrected chi connectivity index (χ1v) is 9.25. The van der Waals surface area contributed by atoms with Crippen LogP contribution in [0.1, 0.15) is 47.1 Å². The Hall–Kier alpha value is -1.85. The lowest BCUT2D eigenvalue weighted by Crippen LogP contribution is -2.33. The van der Waals surface area contributed by atoms with Crippen molar-refractivity contribution in [1.29, 1.82) is 0 Å². The van der Waals surface area contributed by atoms with Crippen LogP contribution in [-0.4, -0.2) is 40.6 Å². The van der Waals surface area contributed by atoms with Crippen LogP contribution < -0.4 is 5.32 Å². The Kier molecular flexibility index (Phi) is 5.68. The smallest absolute Gasteiger partial charge is 0.274 e.